The van der Waals surface area contributed by atoms with E-state index in [1.54, 1.807) is 42.7 Å². The largest absolute Gasteiger partial charge is 0.270 e. The van der Waals surface area contributed by atoms with Gasteiger partial charge in [0, 0.05) is 17.0 Å². The topological polar surface area (TPSA) is 24.7 Å². The second-order valence-electron chi connectivity index (χ2n) is 4.68. The Labute approximate surface area is 133 Å². The fraction of sp³-hybridized carbons (Fsp3) is 0.125. The summed E-state index contributed by atoms with van der Waals surface area (Å²) in [7, 11) is 0. The number of alkyl halides is 1. The summed E-state index contributed by atoms with van der Waals surface area (Å²) >= 11 is 1.28. The van der Waals surface area contributed by atoms with Crippen LogP contribution in [0, 0.1) is 5.82 Å². The summed E-state index contributed by atoms with van der Waals surface area (Å²) < 4.78 is 35.3. The molecule has 0 amide bonds. The third-order valence-corrected chi connectivity index (χ3v) is 4.25. The predicted octanol–water partition coefficient (Wildman–Crippen LogP) is 4.19. The van der Waals surface area contributed by atoms with Gasteiger partial charge in [-0.25, -0.2) is 4.39 Å². The lowest BCUT2D eigenvalue weighted by molar-refractivity contribution is 0.293. The average molecular weight is 320 g/mol. The molecule has 112 valence electrons. The smallest absolute Gasteiger partial charge is 0.206 e. The van der Waals surface area contributed by atoms with Crippen molar-refractivity contribution < 1.29 is 10.2 Å². The van der Waals surface area contributed by atoms with E-state index in [2.05, 4.69) is 10.1 Å². The maximum atomic E-state index is 14.1. The Hall–Kier alpha value is -2.05. The van der Waals surface area contributed by atoms with Gasteiger partial charge in [-0.15, -0.1) is 11.8 Å². The van der Waals surface area contributed by atoms with E-state index in [0.29, 0.717) is 22.0 Å². The molecule has 3 rings (SSSR count). The van der Waals surface area contributed by atoms with Crippen LogP contribution in [0.2, 0.25) is 0 Å². The summed E-state index contributed by atoms with van der Waals surface area (Å²) in [6.45, 7) is -0.893. The van der Waals surface area contributed by atoms with E-state index in [1.807, 2.05) is 0 Å². The Morgan fingerprint density at radius 2 is 2.14 bits per heavy atom. The van der Waals surface area contributed by atoms with Gasteiger partial charge in [0.1, 0.15) is 5.82 Å². The number of hydrogen-bond acceptors (Lipinski definition) is 3. The zero-order valence-electron chi connectivity index (χ0n) is 12.8. The van der Waals surface area contributed by atoms with Gasteiger partial charge in [-0.05, 0) is 24.5 Å². The number of nitrogens with zero attached hydrogens (tertiary/aromatic N) is 3. The molecular weight excluding hydrogens is 304 g/mol. The van der Waals surface area contributed by atoms with Crippen molar-refractivity contribution in [1.29, 1.82) is 0 Å². The molecule has 2 aromatic carbocycles. The van der Waals surface area contributed by atoms with E-state index >= 15 is 0 Å². The molecule has 1 atom stereocenters. The Morgan fingerprint density at radius 3 is 2.82 bits per heavy atom. The minimum absolute atomic E-state index is 0.290. The van der Waals surface area contributed by atoms with Crippen molar-refractivity contribution >= 4 is 29.6 Å². The average Bonchev–Trinajstić information content (AvgIpc) is 3.00. The van der Waals surface area contributed by atoms with Crippen molar-refractivity contribution in [1.82, 2.24) is 4.59 Å². The molecule has 6 heteroatoms. The number of quaternary nitrogens is 1. The van der Waals surface area contributed by atoms with Gasteiger partial charge in [-0.3, -0.25) is 0 Å². The quantitative estimate of drug-likeness (QED) is 0.471. The highest BCUT2D eigenvalue weighted by Crippen LogP contribution is 2.33. The van der Waals surface area contributed by atoms with Crippen molar-refractivity contribution in [3.8, 4) is 0 Å². The summed E-state index contributed by atoms with van der Waals surface area (Å²) in [5, 5.41) is 4.14. The first-order valence-electron chi connectivity index (χ1n) is 7.08. The van der Waals surface area contributed by atoms with E-state index in [-0.39, 0.29) is 6.04 Å². The van der Waals surface area contributed by atoms with Gasteiger partial charge < -0.3 is 0 Å². The van der Waals surface area contributed by atoms with Crippen molar-refractivity contribution in [2.24, 2.45) is 10.1 Å². The van der Waals surface area contributed by atoms with Crippen molar-refractivity contribution in [2.75, 3.05) is 13.1 Å². The minimum atomic E-state index is -0.893. The number of hydrogen-bond donors (Lipinski definition) is 0. The van der Waals surface area contributed by atoms with Crippen LogP contribution in [-0.4, -0.2) is 25.2 Å². The first kappa shape index (κ1) is 13.6. The zero-order chi connectivity index (χ0) is 16.4. The van der Waals surface area contributed by atoms with Gasteiger partial charge >= 0.3 is 0 Å². The summed E-state index contributed by atoms with van der Waals surface area (Å²) in [6.07, 6.45) is 3.05. The molecule has 0 aliphatic carbocycles. The molecule has 0 saturated carbocycles. The zero-order valence-corrected chi connectivity index (χ0v) is 12.6. The van der Waals surface area contributed by atoms with Gasteiger partial charge in [0.25, 0.3) is 12.6 Å². The van der Waals surface area contributed by atoms with Gasteiger partial charge in [-0.1, -0.05) is 27.9 Å². The van der Waals surface area contributed by atoms with Gasteiger partial charge in [0.2, 0.25) is 0 Å². The van der Waals surface area contributed by atoms with Crippen LogP contribution in [-0.2, 0) is 0 Å². The van der Waals surface area contributed by atoms with Crippen molar-refractivity contribution in [3.63, 3.8) is 0 Å². The van der Waals surface area contributed by atoms with Crippen LogP contribution in [0.3, 0.4) is 0 Å². The van der Waals surface area contributed by atoms with E-state index in [4.69, 9.17) is 1.37 Å². The van der Waals surface area contributed by atoms with Gasteiger partial charge in [-0.2, -0.15) is 9.38 Å². The molecule has 22 heavy (non-hydrogen) atoms. The first-order chi connectivity index (χ1) is 11.1. The molecule has 3 nitrogen and oxygen atoms in total. The van der Waals surface area contributed by atoms with E-state index in [0.717, 1.165) is 0 Å². The van der Waals surface area contributed by atoms with Crippen LogP contribution < -0.4 is 4.59 Å². The molecule has 0 saturated heterocycles. The summed E-state index contributed by atoms with van der Waals surface area (Å²) in [6, 6.07) is 11.5. The normalized spacial score (nSPS) is 20.9. The van der Waals surface area contributed by atoms with Crippen LogP contribution in [0.5, 0.6) is 0 Å². The lowest BCUT2D eigenvalue weighted by Gasteiger charge is -2.25. The van der Waals surface area contributed by atoms with E-state index in [1.165, 1.54) is 24.2 Å². The van der Waals surface area contributed by atoms with Crippen molar-refractivity contribution in [2.45, 2.75) is 4.90 Å². The number of amidine groups is 1. The number of rotatable bonds is 4. The molecule has 0 N–H and O–H groups in total. The predicted molar refractivity (Wildman–Crippen MR) is 87.4 cm³/mol. The molecule has 1 aliphatic heterocycles. The highest BCUT2D eigenvalue weighted by molar-refractivity contribution is 7.98. The molecule has 0 spiro atoms. The lowest BCUT2D eigenvalue weighted by Crippen LogP contribution is -2.47. The molecule has 0 radical (unpaired) electrons. The molecule has 1 aliphatic rings. The van der Waals surface area contributed by atoms with Gasteiger partial charge in [0.05, 0.1) is 6.93 Å². The number of halogens is 2. The van der Waals surface area contributed by atoms with E-state index < -0.39 is 17.2 Å². The molecule has 0 aromatic heterocycles. The third kappa shape index (κ3) is 2.34. The molecule has 0 bridgehead atoms. The third-order valence-electron chi connectivity index (χ3n) is 3.48. The standard InChI is InChI=1S/C16H14F2N3S/c1-22-15-8-7-13(9-14(15)18)21(10-17)16(19-11-20-21)12-5-3-2-4-6-12/h2-9,11H,10H2,1H3/q+1/i3T. The minimum Gasteiger partial charge on any atom is -0.206 e. The molecule has 1 heterocycles. The monoisotopic (exact) mass is 320 g/mol. The fourth-order valence-electron chi connectivity index (χ4n) is 2.37. The second kappa shape index (κ2) is 5.98. The Morgan fingerprint density at radius 1 is 1.27 bits per heavy atom. The molecule has 0 fully saturated rings. The van der Waals surface area contributed by atoms with Gasteiger partial charge in [0.15, 0.2) is 12.0 Å². The van der Waals surface area contributed by atoms with Crippen LogP contribution in [0.4, 0.5) is 14.5 Å². The Kier molecular flexibility index (Phi) is 3.70. The van der Waals surface area contributed by atoms with Crippen molar-refractivity contribution in [3.05, 3.63) is 59.9 Å². The number of thioether (sulfide) groups is 1. The van der Waals surface area contributed by atoms with E-state index in [9.17, 15) is 8.78 Å². The highest BCUT2D eigenvalue weighted by Gasteiger charge is 2.42. The molecule has 2 aromatic rings. The van der Waals surface area contributed by atoms with Crippen LogP contribution in [0.15, 0.2) is 63.5 Å². The Balaban J connectivity index is 2.11. The second-order valence-corrected chi connectivity index (χ2v) is 5.53. The van der Waals surface area contributed by atoms with Crippen LogP contribution >= 0.6 is 11.8 Å². The SMILES string of the molecule is [3H]c1cccc(C2=NC=N[N+]2(CF)c2ccc(SC)c(F)c2)c1. The molecule has 1 unspecified atom stereocenters. The first-order valence-corrected chi connectivity index (χ1v) is 7.81. The highest BCUT2D eigenvalue weighted by atomic mass is 32.2. The number of benzene rings is 2. The summed E-state index contributed by atoms with van der Waals surface area (Å²) in [5.41, 5.74) is 0.938. The Bertz CT molecular complexity index is 810. The maximum absolute atomic E-state index is 14.1. The maximum Gasteiger partial charge on any atom is 0.270 e. The van der Waals surface area contributed by atoms with Crippen LogP contribution in [0.1, 0.15) is 6.93 Å². The summed E-state index contributed by atoms with van der Waals surface area (Å²) in [4.78, 5) is 4.65. The number of aliphatic imine (C=N–C) groups is 1. The lowest BCUT2D eigenvalue weighted by atomic mass is 10.1. The summed E-state index contributed by atoms with van der Waals surface area (Å²) in [5.74, 6) is -0.0884. The fourth-order valence-corrected chi connectivity index (χ4v) is 2.83. The van der Waals surface area contributed by atoms with Crippen LogP contribution in [0.25, 0.3) is 0 Å². The molecular formula is C16H14F2N3S+.